The molecule has 1 aromatic carbocycles. The van der Waals surface area contributed by atoms with E-state index < -0.39 is 57.7 Å². The van der Waals surface area contributed by atoms with E-state index in [2.05, 4.69) is 4.98 Å². The molecule has 0 radical (unpaired) electrons. The van der Waals surface area contributed by atoms with Gasteiger partial charge in [-0.15, -0.1) is 0 Å². The van der Waals surface area contributed by atoms with Gasteiger partial charge in [0.15, 0.2) is 28.9 Å². The van der Waals surface area contributed by atoms with Crippen molar-refractivity contribution in [2.24, 2.45) is 7.05 Å². The number of aromatic nitrogens is 3. The van der Waals surface area contributed by atoms with Crippen LogP contribution in [0.4, 0.5) is 17.6 Å². The Morgan fingerprint density at radius 2 is 1.77 bits per heavy atom. The Hall–Kier alpha value is -3.71. The number of pyridine rings is 1. The van der Waals surface area contributed by atoms with Crippen LogP contribution >= 0.6 is 11.6 Å². The van der Waals surface area contributed by atoms with Crippen molar-refractivity contribution in [2.75, 3.05) is 7.11 Å². The number of hydrogen-bond acceptors (Lipinski definition) is 7. The van der Waals surface area contributed by atoms with Gasteiger partial charge in [0.2, 0.25) is 5.88 Å². The fourth-order valence-electron chi connectivity index (χ4n) is 2.91. The monoisotopic (exact) mass is 517 g/mol. The maximum atomic E-state index is 14.7. The van der Waals surface area contributed by atoms with E-state index in [1.807, 2.05) is 0 Å². The van der Waals surface area contributed by atoms with Gasteiger partial charge in [-0.3, -0.25) is 14.2 Å². The predicted molar refractivity (Wildman–Crippen MR) is 114 cm³/mol. The van der Waals surface area contributed by atoms with Gasteiger partial charge in [-0.25, -0.2) is 13.8 Å². The molecule has 0 amide bonds. The van der Waals surface area contributed by atoms with Gasteiger partial charge in [-0.05, 0) is 12.1 Å². The molecule has 1 unspecified atom stereocenters. The molecule has 0 spiro atoms. The molecule has 1 atom stereocenters. The molecule has 0 saturated heterocycles. The number of para-hydroxylation sites is 2. The van der Waals surface area contributed by atoms with E-state index in [0.29, 0.717) is 6.07 Å². The van der Waals surface area contributed by atoms with Gasteiger partial charge in [0.1, 0.15) is 10.7 Å². The van der Waals surface area contributed by atoms with Crippen LogP contribution in [0.15, 0.2) is 46.0 Å². The minimum atomic E-state index is -5.00. The number of carbonyl (C=O) groups is 1. The van der Waals surface area contributed by atoms with Gasteiger partial charge in [0.05, 0.1) is 0 Å². The van der Waals surface area contributed by atoms with Crippen molar-refractivity contribution in [3.63, 3.8) is 0 Å². The van der Waals surface area contributed by atoms with E-state index in [4.69, 9.17) is 25.8 Å². The number of Topliss-reactive ketones (excluding diaryl/α,β-unsaturated/α-hetero) is 1. The lowest BCUT2D eigenvalue weighted by Crippen LogP contribution is -2.41. The minimum Gasteiger partial charge on any atom is -0.453 e. The molecule has 2 aromatic heterocycles. The zero-order chi connectivity index (χ0) is 26.1. The number of alkyl halides is 3. The largest absolute Gasteiger partial charge is 0.453 e. The first-order chi connectivity index (χ1) is 16.3. The summed E-state index contributed by atoms with van der Waals surface area (Å²) in [5, 5.41) is -0.396. The van der Waals surface area contributed by atoms with Crippen molar-refractivity contribution < 1.29 is 36.6 Å². The van der Waals surface area contributed by atoms with Crippen LogP contribution in [-0.4, -0.2) is 33.3 Å². The molecule has 0 bridgehead atoms. The molecule has 35 heavy (non-hydrogen) atoms. The molecule has 0 aliphatic carbocycles. The molecule has 2 heterocycles. The Balaban J connectivity index is 2.11. The van der Waals surface area contributed by atoms with E-state index in [0.717, 1.165) is 7.05 Å². The predicted octanol–water partition coefficient (Wildman–Crippen LogP) is 3.48. The molecule has 0 aliphatic heterocycles. The number of hydrogen-bond donors (Lipinski definition) is 0. The lowest BCUT2D eigenvalue weighted by molar-refractivity contribution is -0.144. The number of halogens is 5. The highest BCUT2D eigenvalue weighted by atomic mass is 35.5. The highest BCUT2D eigenvalue weighted by Crippen LogP contribution is 2.35. The van der Waals surface area contributed by atoms with Crippen molar-refractivity contribution in [2.45, 2.75) is 19.4 Å². The lowest BCUT2D eigenvalue weighted by Gasteiger charge is -2.18. The standard InChI is InChI=1S/C21H16ClF4N3O6/c1-10(30)19(33-3)35-14-7-5-4-6-13(14)34-18-11(22)8-12(23)17(27-18)29-16(31)9-15(21(24,25)26)28(2)20(29)32/h4-9,19H,1-3H3. The van der Waals surface area contributed by atoms with Crippen LogP contribution in [-0.2, 0) is 22.8 Å². The number of carbonyl (C=O) groups excluding carboxylic acids is 1. The third kappa shape index (κ3) is 5.35. The van der Waals surface area contributed by atoms with Crippen molar-refractivity contribution in [3.8, 4) is 23.2 Å². The maximum absolute atomic E-state index is 14.7. The van der Waals surface area contributed by atoms with E-state index in [9.17, 15) is 31.9 Å². The van der Waals surface area contributed by atoms with Gasteiger partial charge in [0, 0.05) is 33.2 Å². The third-order valence-corrected chi connectivity index (χ3v) is 4.81. The second-order valence-corrected chi connectivity index (χ2v) is 7.38. The first-order valence-electron chi connectivity index (χ1n) is 9.58. The average molecular weight is 518 g/mol. The van der Waals surface area contributed by atoms with Gasteiger partial charge in [0.25, 0.3) is 11.8 Å². The lowest BCUT2D eigenvalue weighted by atomic mass is 10.3. The Bertz CT molecular complexity index is 1400. The van der Waals surface area contributed by atoms with E-state index in [1.54, 1.807) is 6.07 Å². The second-order valence-electron chi connectivity index (χ2n) is 6.97. The molecular formula is C21H16ClF4N3O6. The number of nitrogens with zero attached hydrogens (tertiary/aromatic N) is 3. The first-order valence-corrected chi connectivity index (χ1v) is 9.96. The third-order valence-electron chi connectivity index (χ3n) is 4.54. The normalized spacial score (nSPS) is 12.3. The van der Waals surface area contributed by atoms with Crippen molar-refractivity contribution >= 4 is 17.4 Å². The van der Waals surface area contributed by atoms with Gasteiger partial charge in [-0.1, -0.05) is 23.7 Å². The average Bonchev–Trinajstić information content (AvgIpc) is 2.77. The Kier molecular flexibility index (Phi) is 7.31. The molecule has 0 aliphatic rings. The molecule has 0 N–H and O–H groups in total. The molecule has 3 rings (SSSR count). The number of ether oxygens (including phenoxy) is 3. The van der Waals surface area contributed by atoms with Crippen molar-refractivity contribution in [1.82, 2.24) is 14.1 Å². The van der Waals surface area contributed by atoms with Crippen LogP contribution in [0.25, 0.3) is 5.82 Å². The van der Waals surface area contributed by atoms with E-state index in [1.165, 1.54) is 32.2 Å². The van der Waals surface area contributed by atoms with Crippen LogP contribution in [0.2, 0.25) is 5.02 Å². The summed E-state index contributed by atoms with van der Waals surface area (Å²) in [6.07, 6.45) is -6.28. The maximum Gasteiger partial charge on any atom is 0.431 e. The van der Waals surface area contributed by atoms with Crippen LogP contribution in [0.5, 0.6) is 17.4 Å². The van der Waals surface area contributed by atoms with E-state index >= 15 is 0 Å². The molecule has 0 fully saturated rings. The second kappa shape index (κ2) is 9.88. The summed E-state index contributed by atoms with van der Waals surface area (Å²) in [5.74, 6) is -3.25. The van der Waals surface area contributed by atoms with Crippen molar-refractivity contribution in [1.29, 1.82) is 0 Å². The highest BCUT2D eigenvalue weighted by molar-refractivity contribution is 6.31. The minimum absolute atomic E-state index is 0.000836. The molecule has 186 valence electrons. The van der Waals surface area contributed by atoms with Crippen LogP contribution in [0.1, 0.15) is 12.6 Å². The number of methoxy groups -OCH3 is 1. The Labute approximate surface area is 199 Å². The first kappa shape index (κ1) is 25.9. The summed E-state index contributed by atoms with van der Waals surface area (Å²) < 4.78 is 70.2. The summed E-state index contributed by atoms with van der Waals surface area (Å²) >= 11 is 6.00. The fraction of sp³-hybridized carbons (Fsp3) is 0.238. The SMILES string of the molecule is COC(Oc1ccccc1Oc1nc(-n2c(=O)cc(C(F)(F)F)n(C)c2=O)c(F)cc1Cl)C(C)=O. The molecule has 0 saturated carbocycles. The smallest absolute Gasteiger partial charge is 0.431 e. The number of benzene rings is 1. The summed E-state index contributed by atoms with van der Waals surface area (Å²) in [4.78, 5) is 40.2. The van der Waals surface area contributed by atoms with Gasteiger partial charge >= 0.3 is 11.9 Å². The van der Waals surface area contributed by atoms with Crippen molar-refractivity contribution in [3.05, 3.63) is 73.8 Å². The highest BCUT2D eigenvalue weighted by Gasteiger charge is 2.35. The zero-order valence-electron chi connectivity index (χ0n) is 18.2. The zero-order valence-corrected chi connectivity index (χ0v) is 19.0. The fourth-order valence-corrected chi connectivity index (χ4v) is 3.09. The van der Waals surface area contributed by atoms with Crippen LogP contribution < -0.4 is 20.7 Å². The Morgan fingerprint density at radius 1 is 1.14 bits per heavy atom. The van der Waals surface area contributed by atoms with Gasteiger partial charge in [-0.2, -0.15) is 18.2 Å². The molecule has 14 heteroatoms. The summed E-state index contributed by atoms with van der Waals surface area (Å²) in [6.45, 7) is 1.23. The van der Waals surface area contributed by atoms with E-state index in [-0.39, 0.29) is 26.7 Å². The summed E-state index contributed by atoms with van der Waals surface area (Å²) in [7, 11) is 2.00. The number of rotatable bonds is 7. The quantitative estimate of drug-likeness (QED) is 0.349. The number of ketones is 1. The summed E-state index contributed by atoms with van der Waals surface area (Å²) in [6, 6.07) is 6.66. The molecule has 9 nitrogen and oxygen atoms in total. The molecular weight excluding hydrogens is 502 g/mol. The van der Waals surface area contributed by atoms with Crippen LogP contribution in [0, 0.1) is 5.82 Å². The molecule has 3 aromatic rings. The summed E-state index contributed by atoms with van der Waals surface area (Å²) in [5.41, 5.74) is -4.51. The van der Waals surface area contributed by atoms with Gasteiger partial charge < -0.3 is 14.2 Å². The Morgan fingerprint density at radius 3 is 2.34 bits per heavy atom. The topological polar surface area (TPSA) is 102 Å². The van der Waals surface area contributed by atoms with Crippen LogP contribution in [0.3, 0.4) is 0 Å².